The van der Waals surface area contributed by atoms with Crippen molar-refractivity contribution < 1.29 is 19.1 Å². The minimum Gasteiger partial charge on any atom is -0.497 e. The molecule has 6 nitrogen and oxygen atoms in total. The number of aryl methyl sites for hydroxylation is 2. The number of carbonyl (C=O) groups excluding carboxylic acids is 2. The summed E-state index contributed by atoms with van der Waals surface area (Å²) in [5.74, 6) is 0.828. The van der Waals surface area contributed by atoms with E-state index in [2.05, 4.69) is 5.32 Å². The number of rotatable bonds is 10. The van der Waals surface area contributed by atoms with Crippen LogP contribution in [-0.2, 0) is 16.1 Å². The van der Waals surface area contributed by atoms with E-state index < -0.39 is 6.04 Å². The van der Waals surface area contributed by atoms with E-state index in [9.17, 15) is 9.59 Å². The van der Waals surface area contributed by atoms with Gasteiger partial charge in [0.05, 0.1) is 7.11 Å². The predicted molar refractivity (Wildman–Crippen MR) is 123 cm³/mol. The molecule has 168 valence electrons. The van der Waals surface area contributed by atoms with E-state index in [1.54, 1.807) is 26.2 Å². The molecule has 2 aromatic carbocycles. The van der Waals surface area contributed by atoms with Gasteiger partial charge in [-0.25, -0.2) is 0 Å². The van der Waals surface area contributed by atoms with E-state index >= 15 is 0 Å². The van der Waals surface area contributed by atoms with Gasteiger partial charge in [-0.1, -0.05) is 30.7 Å². The lowest BCUT2D eigenvalue weighted by Crippen LogP contribution is -2.49. The standard InChI is InChI=1S/C24H31ClN2O4/c1-6-11-26-24(29)18(4)27(14-19-7-9-20(30-5)10-8-19)22(28)15-31-21-12-16(2)23(25)17(3)13-21/h7-10,12-13,18H,6,11,14-15H2,1-5H3,(H,26,29). The smallest absolute Gasteiger partial charge is 0.261 e. The maximum Gasteiger partial charge on any atom is 0.261 e. The zero-order valence-electron chi connectivity index (χ0n) is 18.8. The van der Waals surface area contributed by atoms with Gasteiger partial charge in [-0.15, -0.1) is 0 Å². The number of nitrogens with one attached hydrogen (secondary N) is 1. The van der Waals surface area contributed by atoms with Crippen LogP contribution in [0.15, 0.2) is 36.4 Å². The molecule has 7 heteroatoms. The Kier molecular flexibility index (Phi) is 9.19. The summed E-state index contributed by atoms with van der Waals surface area (Å²) in [6, 6.07) is 10.4. The average molecular weight is 447 g/mol. The molecule has 0 aliphatic rings. The summed E-state index contributed by atoms with van der Waals surface area (Å²) in [5.41, 5.74) is 2.65. The second-order valence-corrected chi connectivity index (χ2v) is 7.87. The summed E-state index contributed by atoms with van der Waals surface area (Å²) in [5, 5.41) is 3.54. The van der Waals surface area contributed by atoms with Crippen molar-refractivity contribution in [2.75, 3.05) is 20.3 Å². The largest absolute Gasteiger partial charge is 0.497 e. The third-order valence-corrected chi connectivity index (χ3v) is 5.60. The Labute approximate surface area is 189 Å². The molecule has 1 N–H and O–H groups in total. The molecular formula is C24H31ClN2O4. The number of benzene rings is 2. The Bertz CT molecular complexity index is 876. The Morgan fingerprint density at radius 1 is 1.10 bits per heavy atom. The maximum absolute atomic E-state index is 13.1. The highest BCUT2D eigenvalue weighted by atomic mass is 35.5. The van der Waals surface area contributed by atoms with E-state index in [0.717, 1.165) is 28.9 Å². The van der Waals surface area contributed by atoms with Crippen LogP contribution in [-0.4, -0.2) is 43.0 Å². The average Bonchev–Trinajstić information content (AvgIpc) is 2.77. The summed E-state index contributed by atoms with van der Waals surface area (Å²) >= 11 is 6.21. The molecule has 0 heterocycles. The Hall–Kier alpha value is -2.73. The Morgan fingerprint density at radius 2 is 1.71 bits per heavy atom. The van der Waals surface area contributed by atoms with E-state index in [0.29, 0.717) is 17.3 Å². The minimum absolute atomic E-state index is 0.179. The molecule has 2 rings (SSSR count). The second-order valence-electron chi connectivity index (χ2n) is 7.50. The molecule has 0 aromatic heterocycles. The maximum atomic E-state index is 13.1. The molecule has 0 fully saturated rings. The molecule has 0 saturated heterocycles. The van der Waals surface area contributed by atoms with E-state index in [1.807, 2.05) is 45.0 Å². The van der Waals surface area contributed by atoms with Gasteiger partial charge >= 0.3 is 0 Å². The molecule has 0 aliphatic heterocycles. The van der Waals surface area contributed by atoms with Gasteiger partial charge in [-0.2, -0.15) is 0 Å². The molecule has 2 amide bonds. The molecule has 0 saturated carbocycles. The van der Waals surface area contributed by atoms with Crippen LogP contribution >= 0.6 is 11.6 Å². The normalized spacial score (nSPS) is 11.5. The Balaban J connectivity index is 2.16. The summed E-state index contributed by atoms with van der Waals surface area (Å²) in [6.07, 6.45) is 0.823. The molecule has 0 bridgehead atoms. The van der Waals surface area contributed by atoms with Crippen molar-refractivity contribution in [2.45, 2.75) is 46.7 Å². The third kappa shape index (κ3) is 6.89. The van der Waals surface area contributed by atoms with Gasteiger partial charge in [0.2, 0.25) is 5.91 Å². The summed E-state index contributed by atoms with van der Waals surface area (Å²) in [7, 11) is 1.60. The number of carbonyl (C=O) groups is 2. The van der Waals surface area contributed by atoms with Crippen LogP contribution in [0.3, 0.4) is 0 Å². The number of nitrogens with zero attached hydrogens (tertiary/aromatic N) is 1. The van der Waals surface area contributed by atoms with Crippen molar-refractivity contribution in [1.82, 2.24) is 10.2 Å². The fourth-order valence-corrected chi connectivity index (χ4v) is 3.23. The zero-order valence-corrected chi connectivity index (χ0v) is 19.6. The topological polar surface area (TPSA) is 67.9 Å². The van der Waals surface area contributed by atoms with Crippen LogP contribution in [0.4, 0.5) is 0 Å². The number of methoxy groups -OCH3 is 1. The summed E-state index contributed by atoms with van der Waals surface area (Å²) in [4.78, 5) is 27.2. The number of ether oxygens (including phenoxy) is 2. The SMILES string of the molecule is CCCNC(=O)C(C)N(Cc1ccc(OC)cc1)C(=O)COc1cc(C)c(Cl)c(C)c1. The summed E-state index contributed by atoms with van der Waals surface area (Å²) < 4.78 is 10.9. The third-order valence-electron chi connectivity index (χ3n) is 5.00. The molecule has 1 atom stereocenters. The quantitative estimate of drug-likeness (QED) is 0.591. The van der Waals surface area contributed by atoms with Gasteiger partial charge < -0.3 is 19.7 Å². The molecule has 1 unspecified atom stereocenters. The number of hydrogen-bond acceptors (Lipinski definition) is 4. The van der Waals surface area contributed by atoms with Crippen molar-refractivity contribution in [2.24, 2.45) is 0 Å². The molecule has 0 radical (unpaired) electrons. The van der Waals surface area contributed by atoms with Crippen LogP contribution in [0, 0.1) is 13.8 Å². The summed E-state index contributed by atoms with van der Waals surface area (Å²) in [6.45, 7) is 8.15. The molecule has 2 aromatic rings. The van der Waals surface area contributed by atoms with Crippen LogP contribution in [0.25, 0.3) is 0 Å². The van der Waals surface area contributed by atoms with Crippen LogP contribution < -0.4 is 14.8 Å². The van der Waals surface area contributed by atoms with E-state index in [4.69, 9.17) is 21.1 Å². The number of hydrogen-bond donors (Lipinski definition) is 1. The van der Waals surface area contributed by atoms with Crippen molar-refractivity contribution in [3.8, 4) is 11.5 Å². The van der Waals surface area contributed by atoms with Crippen LogP contribution in [0.1, 0.15) is 37.0 Å². The Morgan fingerprint density at radius 3 is 2.26 bits per heavy atom. The first kappa shape index (κ1) is 24.5. The van der Waals surface area contributed by atoms with E-state index in [1.165, 1.54) is 4.90 Å². The predicted octanol–water partition coefficient (Wildman–Crippen LogP) is 4.29. The van der Waals surface area contributed by atoms with Crippen LogP contribution in [0.2, 0.25) is 5.02 Å². The highest BCUT2D eigenvalue weighted by Crippen LogP contribution is 2.26. The fraction of sp³-hybridized carbons (Fsp3) is 0.417. The highest BCUT2D eigenvalue weighted by Gasteiger charge is 2.26. The first-order chi connectivity index (χ1) is 14.8. The van der Waals surface area contributed by atoms with Gasteiger partial charge in [0.1, 0.15) is 17.5 Å². The fourth-order valence-electron chi connectivity index (χ4n) is 3.12. The van der Waals surface area contributed by atoms with Crippen molar-refractivity contribution >= 4 is 23.4 Å². The number of amides is 2. The molecular weight excluding hydrogens is 416 g/mol. The van der Waals surface area contributed by atoms with Gasteiger partial charge in [0.15, 0.2) is 6.61 Å². The molecule has 0 aliphatic carbocycles. The van der Waals surface area contributed by atoms with Crippen molar-refractivity contribution in [3.63, 3.8) is 0 Å². The van der Waals surface area contributed by atoms with Gasteiger partial charge in [-0.3, -0.25) is 9.59 Å². The van der Waals surface area contributed by atoms with Gasteiger partial charge in [-0.05, 0) is 68.1 Å². The second kappa shape index (κ2) is 11.6. The van der Waals surface area contributed by atoms with Gasteiger partial charge in [0, 0.05) is 18.1 Å². The van der Waals surface area contributed by atoms with Crippen molar-refractivity contribution in [3.05, 3.63) is 58.1 Å². The van der Waals surface area contributed by atoms with Crippen LogP contribution in [0.5, 0.6) is 11.5 Å². The first-order valence-corrected chi connectivity index (χ1v) is 10.7. The lowest BCUT2D eigenvalue weighted by Gasteiger charge is -2.29. The lowest BCUT2D eigenvalue weighted by molar-refractivity contribution is -0.142. The highest BCUT2D eigenvalue weighted by molar-refractivity contribution is 6.32. The zero-order chi connectivity index (χ0) is 23.0. The van der Waals surface area contributed by atoms with E-state index in [-0.39, 0.29) is 25.0 Å². The first-order valence-electron chi connectivity index (χ1n) is 10.4. The molecule has 0 spiro atoms. The minimum atomic E-state index is -0.640. The van der Waals surface area contributed by atoms with Gasteiger partial charge in [0.25, 0.3) is 5.91 Å². The lowest BCUT2D eigenvalue weighted by atomic mass is 10.1. The van der Waals surface area contributed by atoms with Crippen molar-refractivity contribution in [1.29, 1.82) is 0 Å². The molecule has 31 heavy (non-hydrogen) atoms. The number of halogens is 1. The monoisotopic (exact) mass is 446 g/mol.